The molecule has 7 heteroatoms. The number of ether oxygens (including phenoxy) is 1. The van der Waals surface area contributed by atoms with Gasteiger partial charge in [0.25, 0.3) is 0 Å². The summed E-state index contributed by atoms with van der Waals surface area (Å²) in [6, 6.07) is 18.4. The number of para-hydroxylation sites is 1. The van der Waals surface area contributed by atoms with Gasteiger partial charge in [-0.1, -0.05) is 41.6 Å². The van der Waals surface area contributed by atoms with Crippen LogP contribution in [0.5, 0.6) is 5.75 Å². The molecule has 0 aliphatic heterocycles. The van der Waals surface area contributed by atoms with E-state index in [-0.39, 0.29) is 11.6 Å². The molecule has 5 nitrogen and oxygen atoms in total. The molecule has 0 N–H and O–H groups in total. The first-order chi connectivity index (χ1) is 14.2. The van der Waals surface area contributed by atoms with Gasteiger partial charge in [-0.2, -0.15) is 0 Å². The normalized spacial score (nSPS) is 10.8. The first-order valence-electron chi connectivity index (χ1n) is 9.15. The second-order valence-corrected chi connectivity index (χ2v) is 7.40. The highest BCUT2D eigenvalue weighted by atomic mass is 32.2. The molecular formula is C22H19FN4OS. The number of nitrogens with zero attached hydrogens (tertiary/aromatic N) is 4. The summed E-state index contributed by atoms with van der Waals surface area (Å²) >= 11 is 1.51. The summed E-state index contributed by atoms with van der Waals surface area (Å²) in [5.41, 5.74) is 3.09. The van der Waals surface area contributed by atoms with E-state index in [0.717, 1.165) is 22.2 Å². The van der Waals surface area contributed by atoms with Crippen LogP contribution in [0.4, 0.5) is 4.39 Å². The Morgan fingerprint density at radius 2 is 1.72 bits per heavy atom. The van der Waals surface area contributed by atoms with E-state index >= 15 is 0 Å². The summed E-state index contributed by atoms with van der Waals surface area (Å²) in [5, 5.41) is 9.53. The van der Waals surface area contributed by atoms with Gasteiger partial charge in [0, 0.05) is 29.4 Å². The summed E-state index contributed by atoms with van der Waals surface area (Å²) in [5.74, 6) is 1.24. The Kier molecular flexibility index (Phi) is 5.86. The molecule has 4 rings (SSSR count). The smallest absolute Gasteiger partial charge is 0.196 e. The van der Waals surface area contributed by atoms with E-state index in [4.69, 9.17) is 4.74 Å². The number of pyridine rings is 1. The Balaban J connectivity index is 1.56. The van der Waals surface area contributed by atoms with E-state index in [0.29, 0.717) is 12.4 Å². The molecule has 0 saturated heterocycles. The molecule has 0 bridgehead atoms. The molecule has 2 heterocycles. The molecule has 0 saturated carbocycles. The number of aryl methyl sites for hydroxylation is 1. The minimum Gasteiger partial charge on any atom is -0.490 e. The van der Waals surface area contributed by atoms with Crippen molar-refractivity contribution in [3.63, 3.8) is 0 Å². The third kappa shape index (κ3) is 4.46. The van der Waals surface area contributed by atoms with Crippen molar-refractivity contribution >= 4 is 11.8 Å². The monoisotopic (exact) mass is 406 g/mol. The van der Waals surface area contributed by atoms with Crippen LogP contribution in [0.15, 0.2) is 78.2 Å². The van der Waals surface area contributed by atoms with Crippen molar-refractivity contribution in [1.82, 2.24) is 19.7 Å². The summed E-state index contributed by atoms with van der Waals surface area (Å²) in [4.78, 5) is 4.08. The van der Waals surface area contributed by atoms with Crippen LogP contribution in [-0.4, -0.2) is 32.1 Å². The maximum atomic E-state index is 13.7. The molecule has 2 aromatic carbocycles. The Hall–Kier alpha value is -3.19. The largest absolute Gasteiger partial charge is 0.490 e. The zero-order valence-corrected chi connectivity index (χ0v) is 16.6. The van der Waals surface area contributed by atoms with Gasteiger partial charge in [0.15, 0.2) is 22.5 Å². The Morgan fingerprint density at radius 3 is 2.48 bits per heavy atom. The number of rotatable bonds is 7. The highest BCUT2D eigenvalue weighted by Gasteiger charge is 2.16. The van der Waals surface area contributed by atoms with Crippen molar-refractivity contribution in [2.24, 2.45) is 0 Å². The van der Waals surface area contributed by atoms with E-state index in [1.807, 2.05) is 28.8 Å². The zero-order chi connectivity index (χ0) is 20.1. The Morgan fingerprint density at radius 1 is 0.966 bits per heavy atom. The highest BCUT2D eigenvalue weighted by Crippen LogP contribution is 2.28. The predicted molar refractivity (Wildman–Crippen MR) is 112 cm³/mol. The van der Waals surface area contributed by atoms with E-state index in [1.165, 1.54) is 23.4 Å². The number of hydrogen-bond acceptors (Lipinski definition) is 5. The van der Waals surface area contributed by atoms with E-state index < -0.39 is 0 Å². The number of aromatic nitrogens is 4. The Bertz CT molecular complexity index is 1080. The molecule has 0 aliphatic rings. The second kappa shape index (κ2) is 8.87. The van der Waals surface area contributed by atoms with Crippen LogP contribution in [0.25, 0.3) is 17.1 Å². The summed E-state index contributed by atoms with van der Waals surface area (Å²) in [7, 11) is 0. The lowest BCUT2D eigenvalue weighted by Crippen LogP contribution is -2.04. The van der Waals surface area contributed by atoms with Gasteiger partial charge in [-0.15, -0.1) is 10.2 Å². The van der Waals surface area contributed by atoms with Crippen LogP contribution in [0.3, 0.4) is 0 Å². The zero-order valence-electron chi connectivity index (χ0n) is 15.8. The predicted octanol–water partition coefficient (Wildman–Crippen LogP) is 4.95. The SMILES string of the molecule is Cc1ccc(-n2c(SCCOc3ccccc3F)nnc2-c2ccncc2)cc1. The third-order valence-electron chi connectivity index (χ3n) is 4.27. The first-order valence-corrected chi connectivity index (χ1v) is 10.1. The van der Waals surface area contributed by atoms with Crippen molar-refractivity contribution < 1.29 is 9.13 Å². The van der Waals surface area contributed by atoms with Crippen LogP contribution in [-0.2, 0) is 0 Å². The molecule has 0 fully saturated rings. The van der Waals surface area contributed by atoms with Gasteiger partial charge in [0.05, 0.1) is 6.61 Å². The molecule has 2 aromatic heterocycles. The fourth-order valence-corrected chi connectivity index (χ4v) is 3.59. The van der Waals surface area contributed by atoms with Gasteiger partial charge in [0.1, 0.15) is 0 Å². The molecule has 146 valence electrons. The number of thioether (sulfide) groups is 1. The number of halogens is 1. The van der Waals surface area contributed by atoms with Gasteiger partial charge in [-0.05, 0) is 43.3 Å². The average Bonchev–Trinajstić information content (AvgIpc) is 3.17. The van der Waals surface area contributed by atoms with E-state index in [2.05, 4.69) is 34.2 Å². The van der Waals surface area contributed by atoms with E-state index in [9.17, 15) is 4.39 Å². The summed E-state index contributed by atoms with van der Waals surface area (Å²) in [6.07, 6.45) is 3.47. The van der Waals surface area contributed by atoms with Crippen LogP contribution in [0, 0.1) is 12.7 Å². The minimum absolute atomic E-state index is 0.255. The van der Waals surface area contributed by atoms with Crippen LogP contribution in [0.2, 0.25) is 0 Å². The maximum Gasteiger partial charge on any atom is 0.196 e. The van der Waals surface area contributed by atoms with Gasteiger partial charge in [-0.3, -0.25) is 9.55 Å². The second-order valence-electron chi connectivity index (χ2n) is 6.34. The lowest BCUT2D eigenvalue weighted by Gasteiger charge is -2.11. The average molecular weight is 406 g/mol. The van der Waals surface area contributed by atoms with Gasteiger partial charge >= 0.3 is 0 Å². The van der Waals surface area contributed by atoms with Crippen LogP contribution in [0.1, 0.15) is 5.56 Å². The minimum atomic E-state index is -0.361. The molecule has 0 amide bonds. The third-order valence-corrected chi connectivity index (χ3v) is 5.17. The fraction of sp³-hybridized carbons (Fsp3) is 0.136. The molecule has 0 aliphatic carbocycles. The van der Waals surface area contributed by atoms with Crippen molar-refractivity contribution in [3.05, 3.63) is 84.4 Å². The maximum absolute atomic E-state index is 13.7. The molecule has 4 aromatic rings. The topological polar surface area (TPSA) is 52.8 Å². The Labute approximate surface area is 172 Å². The standard InChI is InChI=1S/C22H19FN4OS/c1-16-6-8-18(9-7-16)27-21(17-10-12-24-13-11-17)25-26-22(27)29-15-14-28-20-5-3-2-4-19(20)23/h2-13H,14-15H2,1H3. The quantitative estimate of drug-likeness (QED) is 0.321. The van der Waals surface area contributed by atoms with Crippen molar-refractivity contribution in [2.75, 3.05) is 12.4 Å². The summed E-state index contributed by atoms with van der Waals surface area (Å²) < 4.78 is 21.3. The highest BCUT2D eigenvalue weighted by molar-refractivity contribution is 7.99. The first kappa shape index (κ1) is 19.1. The molecule has 0 spiro atoms. The van der Waals surface area contributed by atoms with Crippen LogP contribution < -0.4 is 4.74 Å². The number of benzene rings is 2. The molecule has 0 unspecified atom stereocenters. The molecular weight excluding hydrogens is 387 g/mol. The van der Waals surface area contributed by atoms with Crippen LogP contribution >= 0.6 is 11.8 Å². The van der Waals surface area contributed by atoms with Gasteiger partial charge in [0.2, 0.25) is 0 Å². The number of hydrogen-bond donors (Lipinski definition) is 0. The summed E-state index contributed by atoms with van der Waals surface area (Å²) in [6.45, 7) is 2.41. The lowest BCUT2D eigenvalue weighted by atomic mass is 10.2. The fourth-order valence-electron chi connectivity index (χ4n) is 2.82. The van der Waals surface area contributed by atoms with Gasteiger partial charge < -0.3 is 4.74 Å². The van der Waals surface area contributed by atoms with Crippen molar-refractivity contribution in [3.8, 4) is 22.8 Å². The molecule has 0 radical (unpaired) electrons. The van der Waals surface area contributed by atoms with E-state index in [1.54, 1.807) is 30.6 Å². The van der Waals surface area contributed by atoms with Gasteiger partial charge in [-0.25, -0.2) is 4.39 Å². The lowest BCUT2D eigenvalue weighted by molar-refractivity contribution is 0.325. The van der Waals surface area contributed by atoms with Crippen molar-refractivity contribution in [2.45, 2.75) is 12.1 Å². The molecule has 29 heavy (non-hydrogen) atoms. The molecule has 0 atom stereocenters. The van der Waals surface area contributed by atoms with Crippen molar-refractivity contribution in [1.29, 1.82) is 0 Å².